The van der Waals surface area contributed by atoms with Gasteiger partial charge in [-0.2, -0.15) is 0 Å². The smallest absolute Gasteiger partial charge is 0.272 e. The molecule has 0 saturated heterocycles. The van der Waals surface area contributed by atoms with E-state index in [0.29, 0.717) is 22.0 Å². The molecule has 1 atom stereocenters. The second kappa shape index (κ2) is 15.6. The highest BCUT2D eigenvalue weighted by Crippen LogP contribution is 2.37. The maximum Gasteiger partial charge on any atom is 0.272 e. The van der Waals surface area contributed by atoms with Gasteiger partial charge in [-0.15, -0.1) is 11.8 Å². The molecule has 9 heteroatoms. The minimum Gasteiger partial charge on any atom is -0.325 e. The van der Waals surface area contributed by atoms with E-state index >= 15 is 0 Å². The van der Waals surface area contributed by atoms with Gasteiger partial charge in [-0.05, 0) is 90.4 Å². The number of halogens is 2. The first kappa shape index (κ1) is 32.8. The predicted octanol–water partition coefficient (Wildman–Crippen LogP) is 9.29. The highest BCUT2D eigenvalue weighted by Gasteiger charge is 2.23. The van der Waals surface area contributed by atoms with Crippen LogP contribution in [0.25, 0.3) is 6.08 Å². The number of carbonyl (C=O) groups is 3. The van der Waals surface area contributed by atoms with E-state index in [1.54, 1.807) is 54.6 Å². The summed E-state index contributed by atoms with van der Waals surface area (Å²) in [4.78, 5) is 40.8. The number of thioether (sulfide) groups is 1. The van der Waals surface area contributed by atoms with E-state index < -0.39 is 17.1 Å². The normalized spacial score (nSPS) is 11.8. The molecule has 0 aliphatic rings. The molecule has 0 radical (unpaired) electrons. The Labute approximate surface area is 285 Å². The second-order valence-corrected chi connectivity index (χ2v) is 12.7. The molecule has 1 unspecified atom stereocenters. The summed E-state index contributed by atoms with van der Waals surface area (Å²) in [7, 11) is 0. The van der Waals surface area contributed by atoms with Crippen LogP contribution in [-0.2, 0) is 9.59 Å². The molecule has 0 bridgehead atoms. The number of benzene rings is 5. The van der Waals surface area contributed by atoms with Gasteiger partial charge in [0.15, 0.2) is 0 Å². The molecule has 0 spiro atoms. The Morgan fingerprint density at radius 1 is 0.761 bits per heavy atom. The molecule has 5 rings (SSSR count). The van der Waals surface area contributed by atoms with E-state index in [1.807, 2.05) is 85.8 Å². The van der Waals surface area contributed by atoms with Crippen molar-refractivity contribution in [3.05, 3.63) is 165 Å². The number of amides is 3. The van der Waals surface area contributed by atoms with Gasteiger partial charge in [-0.25, -0.2) is 0 Å². The molecule has 3 N–H and O–H groups in total. The van der Waals surface area contributed by atoms with E-state index in [2.05, 4.69) is 31.9 Å². The van der Waals surface area contributed by atoms with Crippen LogP contribution in [0.3, 0.4) is 0 Å². The molecular weight excluding hydrogens is 682 g/mol. The Hall–Kier alpha value is -4.63. The SMILES string of the molecule is Cc1c(Cl)cccc1NC(=O)C(Sc1ccc(NC(=O)/C(=C/c2ccc(Br)cc2)NC(=O)c2ccccc2)cc1)c1ccccc1. The number of anilines is 2. The van der Waals surface area contributed by atoms with Gasteiger partial charge < -0.3 is 16.0 Å². The lowest BCUT2D eigenvalue weighted by Crippen LogP contribution is -2.30. The number of hydrogen-bond acceptors (Lipinski definition) is 4. The van der Waals surface area contributed by atoms with Crippen molar-refractivity contribution in [2.75, 3.05) is 10.6 Å². The molecule has 230 valence electrons. The zero-order chi connectivity index (χ0) is 32.5. The molecule has 5 aromatic rings. The summed E-state index contributed by atoms with van der Waals surface area (Å²) in [6.07, 6.45) is 1.62. The Morgan fingerprint density at radius 2 is 1.41 bits per heavy atom. The van der Waals surface area contributed by atoms with Gasteiger partial charge in [-0.1, -0.05) is 94.3 Å². The van der Waals surface area contributed by atoms with Crippen molar-refractivity contribution in [3.63, 3.8) is 0 Å². The van der Waals surface area contributed by atoms with Crippen LogP contribution in [0, 0.1) is 6.92 Å². The third kappa shape index (κ3) is 8.75. The first-order valence-electron chi connectivity index (χ1n) is 14.3. The largest absolute Gasteiger partial charge is 0.325 e. The van der Waals surface area contributed by atoms with Crippen LogP contribution in [-0.4, -0.2) is 17.7 Å². The average molecular weight is 711 g/mol. The quantitative estimate of drug-likeness (QED) is 0.0996. The van der Waals surface area contributed by atoms with Gasteiger partial charge in [0.2, 0.25) is 5.91 Å². The molecule has 0 aromatic heterocycles. The Balaban J connectivity index is 1.33. The van der Waals surface area contributed by atoms with Crippen LogP contribution in [0.2, 0.25) is 5.02 Å². The van der Waals surface area contributed by atoms with Crippen LogP contribution in [0.1, 0.15) is 32.3 Å². The molecule has 5 aromatic carbocycles. The van der Waals surface area contributed by atoms with Crippen LogP contribution >= 0.6 is 39.3 Å². The zero-order valence-corrected chi connectivity index (χ0v) is 27.8. The van der Waals surface area contributed by atoms with Crippen molar-refractivity contribution in [3.8, 4) is 0 Å². The lowest BCUT2D eigenvalue weighted by atomic mass is 10.1. The summed E-state index contributed by atoms with van der Waals surface area (Å²) in [5.74, 6) is -1.06. The minimum absolute atomic E-state index is 0.0896. The maximum absolute atomic E-state index is 13.6. The first-order valence-corrected chi connectivity index (χ1v) is 16.3. The molecule has 0 fully saturated rings. The van der Waals surface area contributed by atoms with Crippen molar-refractivity contribution >= 4 is 74.5 Å². The molecule has 0 aliphatic carbocycles. The second-order valence-electron chi connectivity index (χ2n) is 10.2. The Kier molecular flexibility index (Phi) is 11.1. The van der Waals surface area contributed by atoms with E-state index in [-0.39, 0.29) is 11.6 Å². The van der Waals surface area contributed by atoms with E-state index in [4.69, 9.17) is 11.6 Å². The lowest BCUT2D eigenvalue weighted by Gasteiger charge is -2.18. The van der Waals surface area contributed by atoms with Gasteiger partial charge in [0.1, 0.15) is 10.9 Å². The van der Waals surface area contributed by atoms with Gasteiger partial charge >= 0.3 is 0 Å². The lowest BCUT2D eigenvalue weighted by molar-refractivity contribution is -0.116. The zero-order valence-electron chi connectivity index (χ0n) is 24.7. The number of carbonyl (C=O) groups excluding carboxylic acids is 3. The number of hydrogen-bond donors (Lipinski definition) is 3. The molecule has 0 heterocycles. The van der Waals surface area contributed by atoms with Crippen LogP contribution < -0.4 is 16.0 Å². The van der Waals surface area contributed by atoms with Crippen molar-refractivity contribution in [2.24, 2.45) is 0 Å². The number of nitrogens with one attached hydrogen (secondary N) is 3. The molecule has 0 aliphatic heterocycles. The van der Waals surface area contributed by atoms with E-state index in [1.165, 1.54) is 11.8 Å². The van der Waals surface area contributed by atoms with E-state index in [0.717, 1.165) is 26.1 Å². The highest BCUT2D eigenvalue weighted by atomic mass is 79.9. The maximum atomic E-state index is 13.6. The fourth-order valence-electron chi connectivity index (χ4n) is 4.46. The van der Waals surface area contributed by atoms with Crippen molar-refractivity contribution in [2.45, 2.75) is 17.1 Å². The average Bonchev–Trinajstić information content (AvgIpc) is 3.07. The van der Waals surface area contributed by atoms with Gasteiger partial charge in [0.25, 0.3) is 11.8 Å². The molecule has 46 heavy (non-hydrogen) atoms. The Bertz CT molecular complexity index is 1870. The first-order chi connectivity index (χ1) is 22.3. The number of rotatable bonds is 10. The molecule has 6 nitrogen and oxygen atoms in total. The standard InChI is InChI=1S/C37H29BrClN3O3S/c1-24-31(39)13-8-14-32(24)41-37(45)34(26-9-4-2-5-10-26)46-30-21-19-29(20-22-30)40-36(44)33(23-25-15-17-28(38)18-16-25)42-35(43)27-11-6-3-7-12-27/h2-23,34H,1H3,(H,40,44)(H,41,45)(H,42,43)/b33-23-. The minimum atomic E-state index is -0.548. The summed E-state index contributed by atoms with van der Waals surface area (Å²) in [5, 5.41) is 8.69. The third-order valence-electron chi connectivity index (χ3n) is 6.94. The Morgan fingerprint density at radius 3 is 2.09 bits per heavy atom. The van der Waals surface area contributed by atoms with Crippen LogP contribution in [0.4, 0.5) is 11.4 Å². The third-order valence-corrected chi connectivity index (χ3v) is 9.15. The van der Waals surface area contributed by atoms with Gasteiger partial charge in [0, 0.05) is 31.3 Å². The molecular formula is C37H29BrClN3O3S. The van der Waals surface area contributed by atoms with Crippen molar-refractivity contribution in [1.29, 1.82) is 0 Å². The van der Waals surface area contributed by atoms with Crippen LogP contribution in [0.5, 0.6) is 0 Å². The highest BCUT2D eigenvalue weighted by molar-refractivity contribution is 9.10. The monoisotopic (exact) mass is 709 g/mol. The van der Waals surface area contributed by atoms with E-state index in [9.17, 15) is 14.4 Å². The summed E-state index contributed by atoms with van der Waals surface area (Å²) in [6, 6.07) is 38.2. The van der Waals surface area contributed by atoms with Crippen LogP contribution in [0.15, 0.2) is 142 Å². The molecule has 0 saturated carbocycles. The predicted molar refractivity (Wildman–Crippen MR) is 191 cm³/mol. The summed E-state index contributed by atoms with van der Waals surface area (Å²) < 4.78 is 0.897. The topological polar surface area (TPSA) is 87.3 Å². The summed E-state index contributed by atoms with van der Waals surface area (Å²) >= 11 is 11.1. The van der Waals surface area contributed by atoms with Gasteiger partial charge in [0.05, 0.1) is 0 Å². The fourth-order valence-corrected chi connectivity index (χ4v) is 5.92. The van der Waals surface area contributed by atoms with Gasteiger partial charge in [-0.3, -0.25) is 14.4 Å². The molecule has 3 amide bonds. The van der Waals surface area contributed by atoms with Crippen molar-refractivity contribution < 1.29 is 14.4 Å². The summed E-state index contributed by atoms with van der Waals surface area (Å²) in [5.41, 5.74) is 4.09. The summed E-state index contributed by atoms with van der Waals surface area (Å²) in [6.45, 7) is 1.86. The van der Waals surface area contributed by atoms with Crippen molar-refractivity contribution in [1.82, 2.24) is 5.32 Å². The fraction of sp³-hybridized carbons (Fsp3) is 0.0541.